The second kappa shape index (κ2) is 24.6. The van der Waals surface area contributed by atoms with Crippen LogP contribution < -0.4 is 11.1 Å². The monoisotopic (exact) mass is 820 g/mol. The van der Waals surface area contributed by atoms with E-state index >= 15 is 0 Å². The summed E-state index contributed by atoms with van der Waals surface area (Å²) in [5.74, 6) is -4.96. The summed E-state index contributed by atoms with van der Waals surface area (Å²) < 4.78 is 0. The lowest BCUT2D eigenvalue weighted by molar-refractivity contribution is -0.156. The molecule has 0 saturated carbocycles. The first-order chi connectivity index (χ1) is 26.7. The average molecular weight is 820 g/mol. The van der Waals surface area contributed by atoms with Gasteiger partial charge in [-0.1, -0.05) is 88.0 Å². The van der Waals surface area contributed by atoms with Gasteiger partial charge in [-0.25, -0.2) is 0 Å². The van der Waals surface area contributed by atoms with Crippen molar-refractivity contribution in [3.8, 4) is 0 Å². The van der Waals surface area contributed by atoms with Crippen LogP contribution in [0.4, 0.5) is 0 Å². The number of aliphatic hydroxyl groups is 1. The third kappa shape index (κ3) is 15.2. The number of hydrogen-bond acceptors (Lipinski definition) is 8. The number of carbonyl (C=O) groups excluding carboxylic acids is 7. The molecule has 0 aromatic carbocycles. The van der Waals surface area contributed by atoms with Crippen LogP contribution in [0.2, 0.25) is 0 Å². The fourth-order valence-corrected chi connectivity index (χ4v) is 6.88. The Hall–Kier alpha value is -4.27. The van der Waals surface area contributed by atoms with E-state index in [4.69, 9.17) is 5.73 Å². The summed E-state index contributed by atoms with van der Waals surface area (Å²) in [4.78, 5) is 102. The van der Waals surface area contributed by atoms with E-state index < -0.39 is 83.6 Å². The van der Waals surface area contributed by atoms with Gasteiger partial charge < -0.3 is 40.7 Å². The molecule has 0 radical (unpaired) electrons. The van der Waals surface area contributed by atoms with Gasteiger partial charge in [-0.05, 0) is 62.2 Å². The van der Waals surface area contributed by atoms with E-state index in [0.29, 0.717) is 19.3 Å². The van der Waals surface area contributed by atoms with Crippen molar-refractivity contribution in [3.05, 3.63) is 24.4 Å². The fraction of sp³-hybridized carbons (Fsp3) is 0.744. The Balaban J connectivity index is 6.84. The maximum absolute atomic E-state index is 14.6. The summed E-state index contributed by atoms with van der Waals surface area (Å²) in [7, 11) is 7.22. The zero-order chi connectivity index (χ0) is 45.5. The average Bonchev–Trinajstić information content (AvgIpc) is 3.14. The molecule has 0 spiro atoms. The summed E-state index contributed by atoms with van der Waals surface area (Å²) >= 11 is 0. The van der Waals surface area contributed by atoms with Crippen LogP contribution in [0.15, 0.2) is 24.4 Å². The van der Waals surface area contributed by atoms with Gasteiger partial charge in [0.25, 0.3) is 5.91 Å². The fourth-order valence-electron chi connectivity index (χ4n) is 6.88. The number of nitrogens with zero attached hydrogens (tertiary/aromatic N) is 5. The van der Waals surface area contributed by atoms with Crippen LogP contribution in [0, 0.1) is 29.6 Å². The van der Waals surface area contributed by atoms with E-state index in [-0.39, 0.29) is 42.2 Å². The van der Waals surface area contributed by atoms with Crippen molar-refractivity contribution < 1.29 is 38.7 Å². The minimum atomic E-state index is -1.50. The lowest BCUT2D eigenvalue weighted by Crippen LogP contribution is -2.63. The summed E-state index contributed by atoms with van der Waals surface area (Å²) in [6.45, 7) is 24.1. The van der Waals surface area contributed by atoms with Gasteiger partial charge in [-0.2, -0.15) is 0 Å². The van der Waals surface area contributed by atoms with Crippen LogP contribution in [-0.2, 0) is 33.6 Å². The molecule has 0 heterocycles. The van der Waals surface area contributed by atoms with E-state index in [2.05, 4.69) is 11.9 Å². The molecular formula is C43H77N7O8. The smallest absolute Gasteiger partial charge is 0.270 e. The molecule has 0 aromatic heterocycles. The third-order valence-corrected chi connectivity index (χ3v) is 10.6. The van der Waals surface area contributed by atoms with Crippen LogP contribution in [0.5, 0.6) is 0 Å². The Kier molecular flexibility index (Phi) is 22.8. The maximum atomic E-state index is 14.6. The standard InChI is InChI=1S/C43H77N7O8/c1-18-20-21-29(11)37(52)36(39(54)45-31(19-2)41(56)46(13)30(12)40(55)48(15)32(38(44)53)22-25(3)4)50(17)43(58)35(28(9)10)49(16)42(57)33(23-26(5)6)47(14)34(51)24-27(7)8/h18,20,25-29,31-33,35-37,52H,12,19,21-24H2,1-11,13-17H3,(H2,44,53)(H,45,54)/b20-18+/t29-,31+,32+,33+,35?,36+,37-/m1/s1. The molecule has 0 aliphatic heterocycles. The second-order valence-corrected chi connectivity index (χ2v) is 17.3. The van der Waals surface area contributed by atoms with E-state index in [0.717, 1.165) is 14.7 Å². The maximum Gasteiger partial charge on any atom is 0.270 e. The minimum absolute atomic E-state index is 0.0412. The predicted molar refractivity (Wildman–Crippen MR) is 227 cm³/mol. The molecule has 0 bridgehead atoms. The predicted octanol–water partition coefficient (Wildman–Crippen LogP) is 3.40. The summed E-state index contributed by atoms with van der Waals surface area (Å²) in [5, 5.41) is 14.5. The SMILES string of the molecule is C=C(C(=O)N(C)[C@@H](CC(C)C)C(N)=O)N(C)C(=O)[C@H](CC)NC(=O)[C@H]([C@H](O)[C@H](C)C/C=C/C)N(C)C(=O)C(C(C)C)N(C)C(=O)[C@H](CC(C)C)N(C)C(=O)CC(C)C. The van der Waals surface area contributed by atoms with Crippen LogP contribution >= 0.6 is 0 Å². The van der Waals surface area contributed by atoms with Gasteiger partial charge in [0.2, 0.25) is 35.4 Å². The molecule has 7 atom stereocenters. The Bertz CT molecular complexity index is 1460. The van der Waals surface area contributed by atoms with Crippen molar-refractivity contribution in [3.63, 3.8) is 0 Å². The number of carbonyl (C=O) groups is 7. The molecule has 7 amide bonds. The Labute approximate surface area is 348 Å². The van der Waals surface area contributed by atoms with Gasteiger partial charge >= 0.3 is 0 Å². The first-order valence-corrected chi connectivity index (χ1v) is 20.6. The van der Waals surface area contributed by atoms with Crippen molar-refractivity contribution in [2.24, 2.45) is 35.3 Å². The molecule has 4 N–H and O–H groups in total. The van der Waals surface area contributed by atoms with E-state index in [1.54, 1.807) is 40.8 Å². The molecule has 0 fully saturated rings. The molecule has 15 nitrogen and oxygen atoms in total. The largest absolute Gasteiger partial charge is 0.390 e. The van der Waals surface area contributed by atoms with Crippen molar-refractivity contribution in [2.75, 3.05) is 35.2 Å². The Morgan fingerprint density at radius 3 is 1.64 bits per heavy atom. The van der Waals surface area contributed by atoms with Crippen LogP contribution in [0.1, 0.15) is 108 Å². The molecule has 0 rings (SSSR count). The van der Waals surface area contributed by atoms with Crippen LogP contribution in [0.3, 0.4) is 0 Å². The van der Waals surface area contributed by atoms with E-state index in [9.17, 15) is 38.7 Å². The Morgan fingerprint density at radius 2 is 1.21 bits per heavy atom. The molecule has 0 saturated heterocycles. The van der Waals surface area contributed by atoms with E-state index in [1.807, 2.05) is 54.5 Å². The van der Waals surface area contributed by atoms with Crippen molar-refractivity contribution in [1.29, 1.82) is 0 Å². The first kappa shape index (κ1) is 53.7. The van der Waals surface area contributed by atoms with Crippen molar-refractivity contribution in [1.82, 2.24) is 29.8 Å². The zero-order valence-electron chi connectivity index (χ0n) is 38.4. The lowest BCUT2D eigenvalue weighted by atomic mass is 9.91. The third-order valence-electron chi connectivity index (χ3n) is 10.6. The quantitative estimate of drug-likeness (QED) is 0.0975. The van der Waals surface area contributed by atoms with Gasteiger partial charge in [-0.3, -0.25) is 33.6 Å². The number of likely N-dealkylation sites (N-methyl/N-ethyl adjacent to an activating group) is 5. The highest BCUT2D eigenvalue weighted by Gasteiger charge is 2.43. The molecule has 58 heavy (non-hydrogen) atoms. The highest BCUT2D eigenvalue weighted by Crippen LogP contribution is 2.24. The number of nitrogens with one attached hydrogen (secondary N) is 1. The lowest BCUT2D eigenvalue weighted by Gasteiger charge is -2.41. The number of nitrogens with two attached hydrogens (primary N) is 1. The molecule has 15 heteroatoms. The number of aliphatic hydroxyl groups excluding tert-OH is 1. The highest BCUT2D eigenvalue weighted by molar-refractivity contribution is 6.01. The summed E-state index contributed by atoms with van der Waals surface area (Å²) in [6.07, 6.45) is 3.60. The van der Waals surface area contributed by atoms with Gasteiger partial charge in [0.1, 0.15) is 35.9 Å². The second-order valence-electron chi connectivity index (χ2n) is 17.3. The Morgan fingerprint density at radius 1 is 0.707 bits per heavy atom. The minimum Gasteiger partial charge on any atom is -0.390 e. The van der Waals surface area contributed by atoms with Gasteiger partial charge in [0.05, 0.1) is 6.10 Å². The summed E-state index contributed by atoms with van der Waals surface area (Å²) in [6, 6.07) is -5.58. The van der Waals surface area contributed by atoms with Gasteiger partial charge in [0.15, 0.2) is 0 Å². The molecule has 1 unspecified atom stereocenters. The van der Waals surface area contributed by atoms with Crippen molar-refractivity contribution >= 4 is 41.4 Å². The van der Waals surface area contributed by atoms with Gasteiger partial charge in [-0.15, -0.1) is 0 Å². The zero-order valence-corrected chi connectivity index (χ0v) is 38.4. The molecule has 0 aliphatic carbocycles. The normalized spacial score (nSPS) is 15.3. The van der Waals surface area contributed by atoms with Crippen LogP contribution in [0.25, 0.3) is 0 Å². The number of amides is 7. The number of allylic oxidation sites excluding steroid dienone is 2. The topological polar surface area (TPSA) is 194 Å². The highest BCUT2D eigenvalue weighted by atomic mass is 16.3. The molecular weight excluding hydrogens is 743 g/mol. The van der Waals surface area contributed by atoms with Crippen LogP contribution in [-0.4, -0.2) is 143 Å². The number of hydrogen-bond donors (Lipinski definition) is 3. The summed E-state index contributed by atoms with van der Waals surface area (Å²) in [5.41, 5.74) is 5.34. The molecule has 0 aromatic rings. The van der Waals surface area contributed by atoms with Gasteiger partial charge in [0, 0.05) is 41.7 Å². The van der Waals surface area contributed by atoms with E-state index in [1.165, 1.54) is 38.0 Å². The molecule has 0 aliphatic rings. The number of rotatable bonds is 24. The molecule has 332 valence electrons. The number of primary amides is 1. The van der Waals surface area contributed by atoms with Crippen molar-refractivity contribution in [2.45, 2.75) is 145 Å². The first-order valence-electron chi connectivity index (χ1n) is 20.6.